The molecule has 0 saturated carbocycles. The number of carbonyl (C=O) groups excluding carboxylic acids is 1. The molecular formula is C16H16N4O3S. The average molecular weight is 344 g/mol. The third-order valence-corrected chi connectivity index (χ3v) is 4.55. The molecule has 7 nitrogen and oxygen atoms in total. The highest BCUT2D eigenvalue weighted by Gasteiger charge is 2.16. The normalized spacial score (nSPS) is 11.6. The van der Waals surface area contributed by atoms with E-state index in [9.17, 15) is 13.2 Å². The first kappa shape index (κ1) is 16.2. The van der Waals surface area contributed by atoms with E-state index in [2.05, 4.69) is 10.3 Å². The summed E-state index contributed by atoms with van der Waals surface area (Å²) in [6, 6.07) is 11.6. The third kappa shape index (κ3) is 3.15. The molecule has 2 aromatic heterocycles. The number of aromatic nitrogens is 2. The lowest BCUT2D eigenvalue weighted by Gasteiger charge is -2.07. The van der Waals surface area contributed by atoms with Crippen molar-refractivity contribution in [2.45, 2.75) is 18.4 Å². The molecule has 0 aliphatic heterocycles. The van der Waals surface area contributed by atoms with E-state index in [0.717, 1.165) is 5.56 Å². The van der Waals surface area contributed by atoms with E-state index in [1.54, 1.807) is 29.7 Å². The molecular weight excluding hydrogens is 328 g/mol. The smallest absolute Gasteiger partial charge is 0.270 e. The van der Waals surface area contributed by atoms with Crippen molar-refractivity contribution in [3.63, 3.8) is 0 Å². The van der Waals surface area contributed by atoms with Crippen LogP contribution in [0, 0.1) is 6.92 Å². The topological polar surface area (TPSA) is 107 Å². The van der Waals surface area contributed by atoms with Crippen LogP contribution < -0.4 is 10.5 Å². The number of primary sulfonamides is 1. The van der Waals surface area contributed by atoms with Gasteiger partial charge in [0.2, 0.25) is 10.0 Å². The van der Waals surface area contributed by atoms with Crippen LogP contribution in [0.15, 0.2) is 53.6 Å². The van der Waals surface area contributed by atoms with Gasteiger partial charge >= 0.3 is 0 Å². The Bertz CT molecular complexity index is 1010. The fraction of sp³-hybridized carbons (Fsp3) is 0.125. The second-order valence-electron chi connectivity index (χ2n) is 5.35. The third-order valence-electron chi connectivity index (χ3n) is 3.62. The molecule has 1 amide bonds. The van der Waals surface area contributed by atoms with Gasteiger partial charge in [-0.25, -0.2) is 18.5 Å². The molecule has 0 fully saturated rings. The Morgan fingerprint density at radius 3 is 2.58 bits per heavy atom. The number of fused-ring (bicyclic) bond motifs is 1. The summed E-state index contributed by atoms with van der Waals surface area (Å²) in [5.41, 5.74) is 2.59. The van der Waals surface area contributed by atoms with Crippen LogP contribution in [0.4, 0.5) is 0 Å². The summed E-state index contributed by atoms with van der Waals surface area (Å²) in [6.45, 7) is 2.05. The van der Waals surface area contributed by atoms with E-state index in [0.29, 0.717) is 17.0 Å². The van der Waals surface area contributed by atoms with Crippen molar-refractivity contribution in [3.05, 3.63) is 65.6 Å². The number of benzene rings is 1. The van der Waals surface area contributed by atoms with Crippen molar-refractivity contribution < 1.29 is 13.2 Å². The van der Waals surface area contributed by atoms with Gasteiger partial charge in [-0.3, -0.25) is 9.20 Å². The number of carbonyl (C=O) groups is 1. The van der Waals surface area contributed by atoms with Gasteiger partial charge in [0.25, 0.3) is 5.91 Å². The summed E-state index contributed by atoms with van der Waals surface area (Å²) in [4.78, 5) is 16.8. The van der Waals surface area contributed by atoms with Crippen LogP contribution in [0.1, 0.15) is 21.7 Å². The maximum Gasteiger partial charge on any atom is 0.270 e. The Kier molecular flexibility index (Phi) is 4.08. The minimum atomic E-state index is -3.72. The van der Waals surface area contributed by atoms with Crippen LogP contribution in [0.2, 0.25) is 0 Å². The molecule has 0 unspecified atom stereocenters. The molecule has 0 saturated heterocycles. The first-order valence-corrected chi connectivity index (χ1v) is 8.74. The average Bonchev–Trinajstić information content (AvgIpc) is 2.88. The van der Waals surface area contributed by atoms with Crippen molar-refractivity contribution in [2.75, 3.05) is 0 Å². The molecule has 3 N–H and O–H groups in total. The quantitative estimate of drug-likeness (QED) is 0.742. The van der Waals surface area contributed by atoms with Crippen LogP contribution in [0.25, 0.3) is 5.65 Å². The van der Waals surface area contributed by atoms with E-state index < -0.39 is 10.0 Å². The van der Waals surface area contributed by atoms with Crippen LogP contribution in [0.5, 0.6) is 0 Å². The zero-order valence-electron chi connectivity index (χ0n) is 12.9. The molecule has 0 bridgehead atoms. The van der Waals surface area contributed by atoms with E-state index >= 15 is 0 Å². The second-order valence-corrected chi connectivity index (χ2v) is 6.91. The number of aryl methyl sites for hydroxylation is 1. The summed E-state index contributed by atoms with van der Waals surface area (Å²) >= 11 is 0. The largest absolute Gasteiger partial charge is 0.347 e. The van der Waals surface area contributed by atoms with Gasteiger partial charge < -0.3 is 5.32 Å². The predicted octanol–water partition coefficient (Wildman–Crippen LogP) is 1.22. The molecule has 0 aliphatic carbocycles. The van der Waals surface area contributed by atoms with E-state index in [1.165, 1.54) is 12.1 Å². The van der Waals surface area contributed by atoms with Gasteiger partial charge in [-0.2, -0.15) is 0 Å². The predicted molar refractivity (Wildman–Crippen MR) is 88.9 cm³/mol. The van der Waals surface area contributed by atoms with Gasteiger partial charge in [-0.15, -0.1) is 0 Å². The minimum absolute atomic E-state index is 0.0372. The Morgan fingerprint density at radius 2 is 1.92 bits per heavy atom. The second kappa shape index (κ2) is 6.06. The maximum atomic E-state index is 12.5. The Labute approximate surface area is 139 Å². The van der Waals surface area contributed by atoms with E-state index in [1.807, 2.05) is 18.2 Å². The molecule has 0 aliphatic rings. The molecule has 1 aromatic carbocycles. The lowest BCUT2D eigenvalue weighted by Crippen LogP contribution is -2.25. The first-order valence-electron chi connectivity index (χ1n) is 7.20. The number of amides is 1. The zero-order valence-corrected chi connectivity index (χ0v) is 13.7. The number of rotatable bonds is 4. The number of nitrogens with one attached hydrogen (secondary N) is 1. The van der Waals surface area contributed by atoms with Gasteiger partial charge in [0, 0.05) is 12.7 Å². The van der Waals surface area contributed by atoms with Crippen LogP contribution >= 0.6 is 0 Å². The molecule has 2 heterocycles. The fourth-order valence-electron chi connectivity index (χ4n) is 2.45. The van der Waals surface area contributed by atoms with Gasteiger partial charge in [0.05, 0.1) is 10.6 Å². The van der Waals surface area contributed by atoms with Gasteiger partial charge in [0.15, 0.2) is 0 Å². The molecule has 24 heavy (non-hydrogen) atoms. The van der Waals surface area contributed by atoms with Gasteiger partial charge in [-0.05, 0) is 36.8 Å². The summed E-state index contributed by atoms with van der Waals surface area (Å²) in [7, 11) is -3.72. The number of imidazole rings is 1. The van der Waals surface area contributed by atoms with E-state index in [-0.39, 0.29) is 17.3 Å². The molecule has 0 radical (unpaired) electrons. The van der Waals surface area contributed by atoms with Crippen LogP contribution in [-0.4, -0.2) is 23.7 Å². The number of hydrogen-bond donors (Lipinski definition) is 2. The summed E-state index contributed by atoms with van der Waals surface area (Å²) in [6.07, 6.45) is 1.78. The van der Waals surface area contributed by atoms with Crippen LogP contribution in [0.3, 0.4) is 0 Å². The number of hydrogen-bond acceptors (Lipinski definition) is 4. The zero-order chi connectivity index (χ0) is 17.3. The molecule has 3 aromatic rings. The summed E-state index contributed by atoms with van der Waals surface area (Å²) in [5, 5.41) is 7.87. The number of nitrogens with zero attached hydrogens (tertiary/aromatic N) is 2. The standard InChI is InChI=1S/C16H16N4O3S/c1-11-15(20-9-3-2-4-14(20)19-11)16(21)18-10-12-5-7-13(8-6-12)24(17,22)23/h2-9H,10H2,1H3,(H,18,21)(H2,17,22,23). The minimum Gasteiger partial charge on any atom is -0.347 e. The van der Waals surface area contributed by atoms with Crippen molar-refractivity contribution in [1.82, 2.24) is 14.7 Å². The lowest BCUT2D eigenvalue weighted by atomic mass is 10.2. The molecule has 0 atom stereocenters. The van der Waals surface area contributed by atoms with Crippen molar-refractivity contribution in [3.8, 4) is 0 Å². The van der Waals surface area contributed by atoms with Gasteiger partial charge in [-0.1, -0.05) is 18.2 Å². The number of sulfonamides is 1. The molecule has 124 valence electrons. The van der Waals surface area contributed by atoms with Crippen molar-refractivity contribution in [2.24, 2.45) is 5.14 Å². The lowest BCUT2D eigenvalue weighted by molar-refractivity contribution is 0.0944. The molecule has 0 spiro atoms. The van der Waals surface area contributed by atoms with Crippen LogP contribution in [-0.2, 0) is 16.6 Å². The number of pyridine rings is 1. The monoisotopic (exact) mass is 344 g/mol. The highest BCUT2D eigenvalue weighted by molar-refractivity contribution is 7.89. The summed E-state index contributed by atoms with van der Waals surface area (Å²) in [5.74, 6) is -0.248. The maximum absolute atomic E-state index is 12.5. The van der Waals surface area contributed by atoms with Crippen molar-refractivity contribution >= 4 is 21.6 Å². The highest BCUT2D eigenvalue weighted by Crippen LogP contribution is 2.12. The Balaban J connectivity index is 1.77. The molecule has 3 rings (SSSR count). The highest BCUT2D eigenvalue weighted by atomic mass is 32.2. The van der Waals surface area contributed by atoms with Crippen molar-refractivity contribution in [1.29, 1.82) is 0 Å². The Morgan fingerprint density at radius 1 is 1.21 bits per heavy atom. The molecule has 8 heteroatoms. The number of nitrogens with two attached hydrogens (primary N) is 1. The fourth-order valence-corrected chi connectivity index (χ4v) is 2.97. The van der Waals surface area contributed by atoms with E-state index in [4.69, 9.17) is 5.14 Å². The Hall–Kier alpha value is -2.71. The summed E-state index contributed by atoms with van der Waals surface area (Å²) < 4.78 is 24.2. The SMILES string of the molecule is Cc1nc2ccccn2c1C(=O)NCc1ccc(S(N)(=O)=O)cc1. The first-order chi connectivity index (χ1) is 11.4. The van der Waals surface area contributed by atoms with Gasteiger partial charge in [0.1, 0.15) is 11.3 Å².